The molecule has 288 valence electrons. The van der Waals surface area contributed by atoms with E-state index in [-0.39, 0.29) is 52.1 Å². The molecular weight excluding hydrogens is 716 g/mol. The second-order valence-electron chi connectivity index (χ2n) is 14.9. The Morgan fingerprint density at radius 1 is 0.927 bits per heavy atom. The molecule has 7 heterocycles. The summed E-state index contributed by atoms with van der Waals surface area (Å²) in [5.41, 5.74) is 15.8. The third kappa shape index (κ3) is 6.18. The van der Waals surface area contributed by atoms with Crippen LogP contribution in [0.15, 0.2) is 125 Å². The number of imide groups is 1. The van der Waals surface area contributed by atoms with Gasteiger partial charge in [0.05, 0.1) is 34.2 Å². The van der Waals surface area contributed by atoms with Crippen molar-refractivity contribution in [1.82, 2.24) is 10.4 Å². The molecule has 0 unspecified atom stereocenters. The van der Waals surface area contributed by atoms with Gasteiger partial charge in [-0.1, -0.05) is 20.8 Å². The normalized spacial score (nSPS) is 23.2. The summed E-state index contributed by atoms with van der Waals surface area (Å²) in [4.78, 5) is 58.7. The minimum absolute atomic E-state index is 0. The number of aliphatic hydroxyl groups is 1. The van der Waals surface area contributed by atoms with Crippen molar-refractivity contribution in [3.63, 3.8) is 0 Å². The number of carbonyl (C=O) groups excluding carboxylic acids is 3. The summed E-state index contributed by atoms with van der Waals surface area (Å²) in [5.74, 6) is -1.76. The molecule has 2 N–H and O–H groups in total. The standard InChI is InChI=1S/C43H44N6O5.ClH.2H2/c1-8-26-21(3)30-19-33-27(9-2)22(4)40(46-33)39(25-14-16-48(7)17-15-25)41-23(5)28(10-13-37(53)54-49-35(51)11-12-36(49)52)42(47-41)29-18-34(50)38-24(6)31(45-43(29)38)20-32(26)44-30;;;/h14-17,19-20,23,28H,8-13,18H2,1-7H3,(H,44,45,46,50);3*1H/t23-,28-;;;/m0.../s1. The number of aryl methyl sites for hydroxylation is 1. The largest absolute Gasteiger partial charge is 1.00 e. The summed E-state index contributed by atoms with van der Waals surface area (Å²) < 4.78 is 2.00. The van der Waals surface area contributed by atoms with Gasteiger partial charge in [-0.2, -0.15) is 0 Å². The monoisotopic (exact) mass is 764 g/mol. The third-order valence-corrected chi connectivity index (χ3v) is 11.8. The van der Waals surface area contributed by atoms with Gasteiger partial charge in [0.25, 0.3) is 11.8 Å². The van der Waals surface area contributed by atoms with Crippen LogP contribution in [0, 0.1) is 11.8 Å². The summed E-state index contributed by atoms with van der Waals surface area (Å²) in [7, 11) is 1.99. The van der Waals surface area contributed by atoms with E-state index in [0.717, 1.165) is 109 Å². The van der Waals surface area contributed by atoms with Crippen LogP contribution in [0.5, 0.6) is 0 Å². The Morgan fingerprint density at radius 3 is 2.25 bits per heavy atom. The Hall–Kier alpha value is -5.42. The number of fused-ring (bicyclic) bond motifs is 5. The Kier molecular flexibility index (Phi) is 9.87. The zero-order valence-corrected chi connectivity index (χ0v) is 33.0. The van der Waals surface area contributed by atoms with Gasteiger partial charge < -0.3 is 27.7 Å². The lowest BCUT2D eigenvalue weighted by Gasteiger charge is -2.19. The summed E-state index contributed by atoms with van der Waals surface area (Å²) in [6.07, 6.45) is 10.5. The van der Waals surface area contributed by atoms with Gasteiger partial charge in [0.2, 0.25) is 0 Å². The van der Waals surface area contributed by atoms with Crippen molar-refractivity contribution in [3.8, 4) is 0 Å². The average Bonchev–Trinajstić information content (AvgIpc) is 3.96. The molecule has 2 amide bonds. The van der Waals surface area contributed by atoms with E-state index in [4.69, 9.17) is 19.8 Å². The Bertz CT molecular complexity index is 2340. The maximum absolute atomic E-state index is 13.2. The molecule has 0 aromatic carbocycles. The molecule has 1 aromatic heterocycles. The maximum atomic E-state index is 13.2. The van der Waals surface area contributed by atoms with E-state index in [1.807, 2.05) is 37.0 Å². The molecule has 0 spiro atoms. The van der Waals surface area contributed by atoms with Gasteiger partial charge >= 0.3 is 5.97 Å². The van der Waals surface area contributed by atoms with Gasteiger partial charge in [-0.25, -0.2) is 24.3 Å². The first-order valence-electron chi connectivity index (χ1n) is 18.9. The van der Waals surface area contributed by atoms with Crippen molar-refractivity contribution >= 4 is 40.5 Å². The molecule has 11 nitrogen and oxygen atoms in total. The van der Waals surface area contributed by atoms with E-state index in [1.54, 1.807) is 0 Å². The van der Waals surface area contributed by atoms with Crippen LogP contribution >= 0.6 is 0 Å². The fourth-order valence-corrected chi connectivity index (χ4v) is 8.80. The number of aliphatic hydroxyl groups excluding tert-OH is 1. The first kappa shape index (κ1) is 37.9. The van der Waals surface area contributed by atoms with Crippen molar-refractivity contribution in [1.29, 1.82) is 0 Å². The SMILES string of the molecule is CCC1=C(C)C2=NC1=CC1=C(C)C3=C(O)CC(=C4NC(=C(c5cc[n+](C)cc5)C5=NC(=C2)C(CC)=C5C)[C@@H](C)[C@@H]4CCC(=O)ON2C(=O)CCC2=O)C3=N1.[Cl-].[HH].[HH]. The zero-order valence-electron chi connectivity index (χ0n) is 32.3. The number of hydrogen-bond acceptors (Lipinski definition) is 9. The number of halogens is 1. The molecule has 2 fully saturated rings. The number of nitrogens with one attached hydrogen (secondary N) is 1. The van der Waals surface area contributed by atoms with Crippen LogP contribution in [0.25, 0.3) is 5.57 Å². The number of amides is 2. The number of aromatic nitrogens is 1. The summed E-state index contributed by atoms with van der Waals surface area (Å²) in [6, 6.07) is 4.19. The Labute approximate surface area is 330 Å². The number of carbonyl (C=O) groups is 3. The highest BCUT2D eigenvalue weighted by molar-refractivity contribution is 6.34. The predicted molar refractivity (Wildman–Crippen MR) is 209 cm³/mol. The Morgan fingerprint density at radius 2 is 1.58 bits per heavy atom. The average molecular weight is 765 g/mol. The lowest BCUT2D eigenvalue weighted by molar-refractivity contribution is -0.671. The number of pyridine rings is 1. The van der Waals surface area contributed by atoms with Crippen molar-refractivity contribution in [2.24, 2.45) is 33.9 Å². The quantitative estimate of drug-likeness (QED) is 0.314. The lowest BCUT2D eigenvalue weighted by Crippen LogP contribution is -3.00. The second-order valence-corrected chi connectivity index (χ2v) is 14.9. The first-order chi connectivity index (χ1) is 25.9. The van der Waals surface area contributed by atoms with E-state index in [0.29, 0.717) is 17.9 Å². The maximum Gasteiger partial charge on any atom is 0.333 e. The number of aliphatic imine (C=N–C) groups is 3. The van der Waals surface area contributed by atoms with E-state index >= 15 is 0 Å². The third-order valence-electron chi connectivity index (χ3n) is 11.8. The molecule has 8 rings (SSSR count). The predicted octanol–water partition coefficient (Wildman–Crippen LogP) is 4.30. The number of nitrogens with zero attached hydrogens (tertiary/aromatic N) is 5. The molecule has 7 aliphatic rings. The van der Waals surface area contributed by atoms with Crippen LogP contribution < -0.4 is 22.3 Å². The van der Waals surface area contributed by atoms with Crippen molar-refractivity contribution in [3.05, 3.63) is 115 Å². The van der Waals surface area contributed by atoms with E-state index in [9.17, 15) is 19.5 Å². The minimum Gasteiger partial charge on any atom is -1.00 e. The highest BCUT2D eigenvalue weighted by Crippen LogP contribution is 2.48. The molecule has 0 saturated carbocycles. The van der Waals surface area contributed by atoms with E-state index in [2.05, 4.69) is 58.1 Å². The van der Waals surface area contributed by atoms with Gasteiger partial charge in [-0.15, -0.1) is 5.06 Å². The summed E-state index contributed by atoms with van der Waals surface area (Å²) in [5, 5.41) is 16.0. The molecule has 1 aromatic rings. The van der Waals surface area contributed by atoms with Gasteiger partial charge in [0.1, 0.15) is 12.8 Å². The summed E-state index contributed by atoms with van der Waals surface area (Å²) >= 11 is 0. The second kappa shape index (κ2) is 14.3. The fourth-order valence-electron chi connectivity index (χ4n) is 8.80. The van der Waals surface area contributed by atoms with Gasteiger partial charge in [0.15, 0.2) is 12.4 Å². The molecule has 2 saturated heterocycles. The van der Waals surface area contributed by atoms with Gasteiger partial charge in [-0.05, 0) is 85.6 Å². The van der Waals surface area contributed by atoms with Gasteiger partial charge in [-0.3, -0.25) is 9.59 Å². The molecule has 1 aliphatic carbocycles. The van der Waals surface area contributed by atoms with Crippen molar-refractivity contribution in [2.45, 2.75) is 86.5 Å². The molecule has 2 atom stereocenters. The van der Waals surface area contributed by atoms with Crippen LogP contribution in [-0.4, -0.2) is 45.1 Å². The van der Waals surface area contributed by atoms with E-state index < -0.39 is 17.8 Å². The van der Waals surface area contributed by atoms with Crippen LogP contribution in [0.4, 0.5) is 0 Å². The van der Waals surface area contributed by atoms with Crippen LogP contribution in [0.3, 0.4) is 0 Å². The molecule has 12 heteroatoms. The molecule has 8 bridgehead atoms. The lowest BCUT2D eigenvalue weighted by atomic mass is 9.83. The molecule has 6 aliphatic heterocycles. The van der Waals surface area contributed by atoms with Crippen LogP contribution in [0.1, 0.15) is 94.9 Å². The van der Waals surface area contributed by atoms with Crippen LogP contribution in [-0.2, 0) is 26.3 Å². The topological polar surface area (TPSA) is 137 Å². The zero-order chi connectivity index (χ0) is 38.2. The van der Waals surface area contributed by atoms with Crippen molar-refractivity contribution < 1.29 is 44.2 Å². The summed E-state index contributed by atoms with van der Waals surface area (Å²) in [6.45, 7) is 12.7. The first-order valence-corrected chi connectivity index (χ1v) is 18.9. The highest BCUT2D eigenvalue weighted by atomic mass is 35.5. The molecular formula is C43H49ClN6O5. The smallest absolute Gasteiger partial charge is 0.333 e. The number of hydrogen-bond donors (Lipinski definition) is 2. The minimum atomic E-state index is -0.646. The van der Waals surface area contributed by atoms with E-state index in [1.165, 1.54) is 0 Å². The fraction of sp³-hybridized carbons (Fsp3) is 0.372. The highest BCUT2D eigenvalue weighted by Gasteiger charge is 2.43. The van der Waals surface area contributed by atoms with Gasteiger partial charge in [0, 0.05) is 80.6 Å². The number of allylic oxidation sites excluding steroid dienone is 12. The van der Waals surface area contributed by atoms with Crippen molar-refractivity contribution in [2.75, 3.05) is 0 Å². The number of rotatable bonds is 7. The number of hydroxylamine groups is 2. The molecule has 55 heavy (non-hydrogen) atoms. The van der Waals surface area contributed by atoms with Crippen LogP contribution in [0.2, 0.25) is 0 Å². The Balaban J connectivity index is 0.00000207. The molecule has 0 radical (unpaired) electrons.